The van der Waals surface area contributed by atoms with E-state index in [1.165, 1.54) is 17.6 Å². The highest BCUT2D eigenvalue weighted by atomic mass is 16.1. The molecule has 66 valence electrons. The third-order valence-corrected chi connectivity index (χ3v) is 3.57. The predicted octanol–water partition coefficient (Wildman–Crippen LogP) is 2.71. The topological polar surface area (TPSA) is 17.1 Å². The zero-order chi connectivity index (χ0) is 8.72. The van der Waals surface area contributed by atoms with Gasteiger partial charge in [-0.1, -0.05) is 11.1 Å². The Bertz CT molecular complexity index is 250. The van der Waals surface area contributed by atoms with Crippen LogP contribution >= 0.6 is 0 Å². The maximum Gasteiger partial charge on any atom is 0.136 e. The molecule has 0 aliphatic heterocycles. The Morgan fingerprint density at radius 2 is 1.83 bits per heavy atom. The van der Waals surface area contributed by atoms with Gasteiger partial charge in [-0.15, -0.1) is 0 Å². The summed E-state index contributed by atoms with van der Waals surface area (Å²) >= 11 is 0. The first-order chi connectivity index (χ1) is 5.68. The van der Waals surface area contributed by atoms with Gasteiger partial charge >= 0.3 is 0 Å². The average Bonchev–Trinajstić information content (AvgIpc) is 2.35. The van der Waals surface area contributed by atoms with Crippen molar-refractivity contribution >= 4 is 5.78 Å². The summed E-state index contributed by atoms with van der Waals surface area (Å²) in [5, 5.41) is 0. The SMILES string of the molecule is CC1=C(C)CC2C(=O)CCC2C1. The molecule has 2 aliphatic carbocycles. The highest BCUT2D eigenvalue weighted by Crippen LogP contribution is 2.42. The number of carbonyl (C=O) groups is 1. The van der Waals surface area contributed by atoms with E-state index >= 15 is 0 Å². The standard InChI is InChI=1S/C11H16O/c1-7-5-9-3-4-11(12)10(9)6-8(7)2/h9-10H,3-6H2,1-2H3. The van der Waals surface area contributed by atoms with E-state index in [0.717, 1.165) is 19.3 Å². The Kier molecular flexibility index (Phi) is 1.82. The van der Waals surface area contributed by atoms with Gasteiger partial charge in [0.25, 0.3) is 0 Å². The fourth-order valence-electron chi connectivity index (χ4n) is 2.57. The van der Waals surface area contributed by atoms with Crippen LogP contribution in [0, 0.1) is 11.8 Å². The van der Waals surface area contributed by atoms with Crippen LogP contribution in [0.5, 0.6) is 0 Å². The molecule has 2 aliphatic rings. The number of rotatable bonds is 0. The van der Waals surface area contributed by atoms with Crippen molar-refractivity contribution in [2.24, 2.45) is 11.8 Å². The van der Waals surface area contributed by atoms with Crippen LogP contribution in [0.15, 0.2) is 11.1 Å². The molecule has 0 N–H and O–H groups in total. The van der Waals surface area contributed by atoms with Gasteiger partial charge in [0, 0.05) is 12.3 Å². The van der Waals surface area contributed by atoms with Gasteiger partial charge in [0.2, 0.25) is 0 Å². The first kappa shape index (κ1) is 8.03. The van der Waals surface area contributed by atoms with Crippen molar-refractivity contribution in [1.29, 1.82) is 0 Å². The number of fused-ring (bicyclic) bond motifs is 1. The summed E-state index contributed by atoms with van der Waals surface area (Å²) in [5.74, 6) is 1.61. The first-order valence-corrected chi connectivity index (χ1v) is 4.86. The molecule has 0 saturated heterocycles. The summed E-state index contributed by atoms with van der Waals surface area (Å²) in [6.45, 7) is 4.39. The molecule has 12 heavy (non-hydrogen) atoms. The molecular weight excluding hydrogens is 148 g/mol. The molecule has 0 radical (unpaired) electrons. The van der Waals surface area contributed by atoms with E-state index in [-0.39, 0.29) is 0 Å². The summed E-state index contributed by atoms with van der Waals surface area (Å²) in [6.07, 6.45) is 4.22. The normalized spacial score (nSPS) is 35.7. The Balaban J connectivity index is 2.22. The molecule has 1 saturated carbocycles. The van der Waals surface area contributed by atoms with Gasteiger partial charge in [0.15, 0.2) is 0 Å². The van der Waals surface area contributed by atoms with Gasteiger partial charge in [0.05, 0.1) is 0 Å². The van der Waals surface area contributed by atoms with Crippen molar-refractivity contribution < 1.29 is 4.79 Å². The molecule has 0 bridgehead atoms. The number of allylic oxidation sites excluding steroid dienone is 2. The second-order valence-electron chi connectivity index (χ2n) is 4.34. The number of hydrogen-bond acceptors (Lipinski definition) is 1. The molecule has 0 aromatic carbocycles. The van der Waals surface area contributed by atoms with Crippen molar-refractivity contribution in [2.75, 3.05) is 0 Å². The fourth-order valence-corrected chi connectivity index (χ4v) is 2.57. The van der Waals surface area contributed by atoms with Gasteiger partial charge in [-0.2, -0.15) is 0 Å². The lowest BCUT2D eigenvalue weighted by molar-refractivity contribution is -0.121. The van der Waals surface area contributed by atoms with Crippen LogP contribution in [0.25, 0.3) is 0 Å². The Labute approximate surface area is 73.8 Å². The van der Waals surface area contributed by atoms with Crippen molar-refractivity contribution in [1.82, 2.24) is 0 Å². The largest absolute Gasteiger partial charge is 0.299 e. The van der Waals surface area contributed by atoms with E-state index in [4.69, 9.17) is 0 Å². The molecule has 0 aromatic rings. The van der Waals surface area contributed by atoms with Crippen LogP contribution in [-0.2, 0) is 4.79 Å². The minimum absolute atomic E-state index is 0.397. The van der Waals surface area contributed by atoms with Crippen LogP contribution < -0.4 is 0 Å². The van der Waals surface area contributed by atoms with E-state index in [2.05, 4.69) is 13.8 Å². The smallest absolute Gasteiger partial charge is 0.136 e. The first-order valence-electron chi connectivity index (χ1n) is 4.86. The minimum atomic E-state index is 0.397. The Morgan fingerprint density at radius 3 is 2.58 bits per heavy atom. The molecule has 2 rings (SSSR count). The maximum atomic E-state index is 11.4. The monoisotopic (exact) mass is 164 g/mol. The van der Waals surface area contributed by atoms with Crippen LogP contribution in [0.4, 0.5) is 0 Å². The molecule has 0 spiro atoms. The third-order valence-electron chi connectivity index (χ3n) is 3.57. The predicted molar refractivity (Wildman–Crippen MR) is 48.8 cm³/mol. The quantitative estimate of drug-likeness (QED) is 0.503. The van der Waals surface area contributed by atoms with E-state index in [1.54, 1.807) is 0 Å². The van der Waals surface area contributed by atoms with Gasteiger partial charge in [-0.3, -0.25) is 4.79 Å². The molecule has 1 nitrogen and oxygen atoms in total. The second-order valence-corrected chi connectivity index (χ2v) is 4.34. The van der Waals surface area contributed by atoms with E-state index in [9.17, 15) is 4.79 Å². The molecule has 0 heterocycles. The summed E-state index contributed by atoms with van der Waals surface area (Å²) in [5.41, 5.74) is 3.00. The highest BCUT2D eigenvalue weighted by Gasteiger charge is 2.37. The second kappa shape index (κ2) is 2.72. The lowest BCUT2D eigenvalue weighted by Crippen LogP contribution is -2.19. The molecule has 1 heteroatoms. The van der Waals surface area contributed by atoms with Crippen molar-refractivity contribution in [3.63, 3.8) is 0 Å². The number of hydrogen-bond donors (Lipinski definition) is 0. The molecule has 2 unspecified atom stereocenters. The number of ketones is 1. The zero-order valence-electron chi connectivity index (χ0n) is 7.89. The summed E-state index contributed by atoms with van der Waals surface area (Å²) in [6, 6.07) is 0. The molecule has 2 atom stereocenters. The van der Waals surface area contributed by atoms with Gasteiger partial charge in [0.1, 0.15) is 5.78 Å². The number of Topliss-reactive ketones (excluding diaryl/α,β-unsaturated/α-hetero) is 1. The minimum Gasteiger partial charge on any atom is -0.299 e. The van der Waals surface area contributed by atoms with Gasteiger partial charge in [-0.25, -0.2) is 0 Å². The zero-order valence-corrected chi connectivity index (χ0v) is 7.89. The molecule has 0 amide bonds. The highest BCUT2D eigenvalue weighted by molar-refractivity contribution is 5.84. The van der Waals surface area contributed by atoms with E-state index < -0.39 is 0 Å². The molecule has 1 fully saturated rings. The maximum absolute atomic E-state index is 11.4. The molecular formula is C11H16O. The summed E-state index contributed by atoms with van der Waals surface area (Å²) < 4.78 is 0. The van der Waals surface area contributed by atoms with Crippen LogP contribution in [0.3, 0.4) is 0 Å². The van der Waals surface area contributed by atoms with Crippen molar-refractivity contribution in [3.05, 3.63) is 11.1 Å². The van der Waals surface area contributed by atoms with Gasteiger partial charge < -0.3 is 0 Å². The van der Waals surface area contributed by atoms with Crippen molar-refractivity contribution in [3.8, 4) is 0 Å². The van der Waals surface area contributed by atoms with E-state index in [1.807, 2.05) is 0 Å². The van der Waals surface area contributed by atoms with Crippen molar-refractivity contribution in [2.45, 2.75) is 39.5 Å². The van der Waals surface area contributed by atoms with Crippen LogP contribution in [0.1, 0.15) is 39.5 Å². The Morgan fingerprint density at radius 1 is 1.17 bits per heavy atom. The third kappa shape index (κ3) is 1.12. The number of carbonyl (C=O) groups excluding carboxylic acids is 1. The summed E-state index contributed by atoms with van der Waals surface area (Å²) in [4.78, 5) is 11.4. The van der Waals surface area contributed by atoms with Crippen LogP contribution in [-0.4, -0.2) is 5.78 Å². The molecule has 0 aromatic heterocycles. The average molecular weight is 164 g/mol. The lowest BCUT2D eigenvalue weighted by atomic mass is 9.78. The summed E-state index contributed by atoms with van der Waals surface area (Å²) in [7, 11) is 0. The van der Waals surface area contributed by atoms with Gasteiger partial charge in [-0.05, 0) is 39.0 Å². The van der Waals surface area contributed by atoms with Crippen LogP contribution in [0.2, 0.25) is 0 Å². The Hall–Kier alpha value is -0.590. The fraction of sp³-hybridized carbons (Fsp3) is 0.727. The van der Waals surface area contributed by atoms with E-state index in [0.29, 0.717) is 17.6 Å². The lowest BCUT2D eigenvalue weighted by Gasteiger charge is -2.26.